The molecule has 3 aliphatic rings. The lowest BCUT2D eigenvalue weighted by Crippen LogP contribution is -2.17. The van der Waals surface area contributed by atoms with E-state index in [1.807, 2.05) is 6.08 Å². The Morgan fingerprint density at radius 2 is 0.600 bits per heavy atom. The van der Waals surface area contributed by atoms with Crippen molar-refractivity contribution in [2.75, 3.05) is 9.80 Å². The van der Waals surface area contributed by atoms with Crippen LogP contribution in [0.15, 0.2) is 219 Å². The molecule has 0 unspecified atom stereocenters. The van der Waals surface area contributed by atoms with Gasteiger partial charge in [0.25, 0.3) is 0 Å². The first kappa shape index (κ1) is 46.3. The molecule has 0 radical (unpaired) electrons. The molecule has 0 atom stereocenters. The van der Waals surface area contributed by atoms with Crippen molar-refractivity contribution in [2.45, 2.75) is 71.6 Å². The van der Waals surface area contributed by atoms with Crippen LogP contribution < -0.4 is 9.80 Å². The minimum absolute atomic E-state index is 0.0481. The molecule has 2 heteroatoms. The fourth-order valence-corrected chi connectivity index (χ4v) is 12.8. The van der Waals surface area contributed by atoms with Crippen LogP contribution in [-0.4, -0.2) is 0 Å². The maximum atomic E-state index is 4.04. The maximum Gasteiger partial charge on any atom is 0.0465 e. The van der Waals surface area contributed by atoms with Crippen molar-refractivity contribution in [1.82, 2.24) is 0 Å². The third-order valence-electron chi connectivity index (χ3n) is 17.2. The molecule has 75 heavy (non-hydrogen) atoms. The summed E-state index contributed by atoms with van der Waals surface area (Å²) in [5.74, 6) is 0. The Hall–Kier alpha value is -8.46. The van der Waals surface area contributed by atoms with Crippen molar-refractivity contribution < 1.29 is 0 Å². The minimum Gasteiger partial charge on any atom is -0.310 e. The molecule has 0 saturated heterocycles. The van der Waals surface area contributed by atoms with Crippen molar-refractivity contribution in [2.24, 2.45) is 0 Å². The standard InChI is InChI=1S/C73H62N2/c1-10-48-19-36-60-62-38-25-52(43-68(62)72(6,7)66(60)41-48)50-22-32-56(33-23-50)75(54-28-17-47(3)18-29-54)58-35-40-64-63-39-34-57(44-69(63)73(8,9)70(64)45-58)74(53-26-15-46(2)16-27-53)55-30-20-49(21-31-55)51-24-37-61-59-13-11-12-14-65(59)71(4,5)67(61)42-51/h10-45H,1H2,2-9H3. The Bertz CT molecular complexity index is 3920. The number of aryl methyl sites for hydroxylation is 2. The molecule has 0 fully saturated rings. The van der Waals surface area contributed by atoms with Gasteiger partial charge in [-0.3, -0.25) is 0 Å². The summed E-state index contributed by atoms with van der Waals surface area (Å²) in [7, 11) is 0. The zero-order valence-corrected chi connectivity index (χ0v) is 44.4. The van der Waals surface area contributed by atoms with Gasteiger partial charge in [-0.15, -0.1) is 0 Å². The molecule has 13 rings (SSSR count). The summed E-state index contributed by atoms with van der Waals surface area (Å²) in [4.78, 5) is 4.83. The van der Waals surface area contributed by atoms with Crippen LogP contribution >= 0.6 is 0 Å². The molecular formula is C73H62N2. The summed E-state index contributed by atoms with van der Waals surface area (Å²) < 4.78 is 0. The van der Waals surface area contributed by atoms with E-state index in [-0.39, 0.29) is 16.2 Å². The average molecular weight is 967 g/mol. The first-order valence-corrected chi connectivity index (χ1v) is 26.6. The zero-order chi connectivity index (χ0) is 51.5. The molecular weight excluding hydrogens is 905 g/mol. The van der Waals surface area contributed by atoms with Crippen molar-refractivity contribution in [3.8, 4) is 55.6 Å². The van der Waals surface area contributed by atoms with Gasteiger partial charge in [0.05, 0.1) is 0 Å². The lowest BCUT2D eigenvalue weighted by atomic mass is 9.81. The summed E-state index contributed by atoms with van der Waals surface area (Å²) in [6, 6.07) is 80.1. The van der Waals surface area contributed by atoms with Crippen LogP contribution in [0.4, 0.5) is 34.1 Å². The normalized spacial score (nSPS) is 14.5. The maximum absolute atomic E-state index is 4.04. The topological polar surface area (TPSA) is 6.48 Å². The van der Waals surface area contributed by atoms with Crippen LogP contribution in [-0.2, 0) is 16.2 Å². The Kier molecular flexibility index (Phi) is 10.5. The SMILES string of the molecule is C=Cc1ccc2c(c1)C(C)(C)c1cc(-c3ccc(N(c4ccc(C)cc4)c4ccc5c(c4)C(C)(C)c4cc(N(c6ccc(C)cc6)c6ccc(-c7ccc8c(c7)C(C)(C)c7ccccc7-8)cc6)ccc4-5)cc3)ccc1-2. The second kappa shape index (κ2) is 17.0. The van der Waals surface area contributed by atoms with Crippen LogP contribution in [0.3, 0.4) is 0 Å². The molecule has 3 aliphatic carbocycles. The molecule has 0 saturated carbocycles. The van der Waals surface area contributed by atoms with Gasteiger partial charge in [-0.2, -0.15) is 0 Å². The predicted octanol–water partition coefficient (Wildman–Crippen LogP) is 20.1. The molecule has 0 aromatic heterocycles. The Labute approximate surface area is 444 Å². The van der Waals surface area contributed by atoms with Crippen LogP contribution in [0, 0.1) is 13.8 Å². The number of fused-ring (bicyclic) bond motifs is 9. The fraction of sp³-hybridized carbons (Fsp3) is 0.151. The Balaban J connectivity index is 0.830. The number of rotatable bonds is 9. The molecule has 0 bridgehead atoms. The van der Waals surface area contributed by atoms with Gasteiger partial charge in [-0.1, -0.05) is 193 Å². The van der Waals surface area contributed by atoms with Gasteiger partial charge < -0.3 is 9.80 Å². The molecule has 0 N–H and O–H groups in total. The van der Waals surface area contributed by atoms with Gasteiger partial charge in [0.2, 0.25) is 0 Å². The van der Waals surface area contributed by atoms with E-state index in [2.05, 4.69) is 284 Å². The first-order chi connectivity index (χ1) is 36.2. The first-order valence-electron chi connectivity index (χ1n) is 26.6. The highest BCUT2D eigenvalue weighted by Gasteiger charge is 2.39. The van der Waals surface area contributed by atoms with Gasteiger partial charge >= 0.3 is 0 Å². The molecule has 0 amide bonds. The zero-order valence-electron chi connectivity index (χ0n) is 44.4. The number of hydrogen-bond donors (Lipinski definition) is 0. The number of hydrogen-bond acceptors (Lipinski definition) is 2. The highest BCUT2D eigenvalue weighted by molar-refractivity contribution is 5.90. The van der Waals surface area contributed by atoms with E-state index in [1.54, 1.807) is 0 Å². The van der Waals surface area contributed by atoms with Gasteiger partial charge in [0.15, 0.2) is 0 Å². The summed E-state index contributed by atoms with van der Waals surface area (Å²) in [5.41, 5.74) is 31.0. The predicted molar refractivity (Wildman–Crippen MR) is 319 cm³/mol. The molecule has 10 aromatic rings. The highest BCUT2D eigenvalue weighted by atomic mass is 15.1. The molecule has 0 spiro atoms. The lowest BCUT2D eigenvalue weighted by molar-refractivity contribution is 0.660. The third kappa shape index (κ3) is 7.37. The molecule has 2 nitrogen and oxygen atoms in total. The third-order valence-corrected chi connectivity index (χ3v) is 17.2. The summed E-state index contributed by atoms with van der Waals surface area (Å²) in [6.45, 7) is 22.6. The molecule has 0 heterocycles. The largest absolute Gasteiger partial charge is 0.310 e. The van der Waals surface area contributed by atoms with Gasteiger partial charge in [0, 0.05) is 50.4 Å². The Morgan fingerprint density at radius 3 is 1.03 bits per heavy atom. The van der Waals surface area contributed by atoms with Gasteiger partial charge in [-0.05, 0) is 193 Å². The van der Waals surface area contributed by atoms with Crippen molar-refractivity contribution in [1.29, 1.82) is 0 Å². The lowest BCUT2D eigenvalue weighted by Gasteiger charge is -2.29. The van der Waals surface area contributed by atoms with Gasteiger partial charge in [0.1, 0.15) is 0 Å². The van der Waals surface area contributed by atoms with E-state index >= 15 is 0 Å². The second-order valence-electron chi connectivity index (χ2n) is 22.8. The second-order valence-corrected chi connectivity index (χ2v) is 22.8. The van der Waals surface area contributed by atoms with E-state index in [9.17, 15) is 0 Å². The summed E-state index contributed by atoms with van der Waals surface area (Å²) in [5, 5.41) is 0. The van der Waals surface area contributed by atoms with Crippen LogP contribution in [0.25, 0.3) is 61.7 Å². The van der Waals surface area contributed by atoms with Crippen LogP contribution in [0.1, 0.15) is 91.6 Å². The number of anilines is 6. The van der Waals surface area contributed by atoms with Crippen LogP contribution in [0.5, 0.6) is 0 Å². The smallest absolute Gasteiger partial charge is 0.0465 e. The average Bonchev–Trinajstić information content (AvgIpc) is 3.95. The van der Waals surface area contributed by atoms with E-state index in [1.165, 1.54) is 100 Å². The highest BCUT2D eigenvalue weighted by Crippen LogP contribution is 2.54. The quantitative estimate of drug-likeness (QED) is 0.142. The number of benzene rings is 10. The number of nitrogens with zero attached hydrogens (tertiary/aromatic N) is 2. The van der Waals surface area contributed by atoms with E-state index in [0.717, 1.165) is 39.7 Å². The summed E-state index contributed by atoms with van der Waals surface area (Å²) >= 11 is 0. The molecule has 0 aliphatic heterocycles. The molecule has 10 aromatic carbocycles. The van der Waals surface area contributed by atoms with Crippen LogP contribution in [0.2, 0.25) is 0 Å². The fourth-order valence-electron chi connectivity index (χ4n) is 12.8. The van der Waals surface area contributed by atoms with E-state index in [4.69, 9.17) is 0 Å². The van der Waals surface area contributed by atoms with E-state index in [0.29, 0.717) is 0 Å². The van der Waals surface area contributed by atoms with Crippen molar-refractivity contribution >= 4 is 40.2 Å². The summed E-state index contributed by atoms with van der Waals surface area (Å²) in [6.07, 6.45) is 1.95. The van der Waals surface area contributed by atoms with Gasteiger partial charge in [-0.25, -0.2) is 0 Å². The monoisotopic (exact) mass is 966 g/mol. The minimum atomic E-state index is -0.266. The van der Waals surface area contributed by atoms with E-state index < -0.39 is 0 Å². The van der Waals surface area contributed by atoms with Crippen molar-refractivity contribution in [3.63, 3.8) is 0 Å². The van der Waals surface area contributed by atoms with Crippen molar-refractivity contribution in [3.05, 3.63) is 269 Å². The molecule has 364 valence electrons. The Morgan fingerprint density at radius 1 is 0.293 bits per heavy atom.